The van der Waals surface area contributed by atoms with Gasteiger partial charge in [-0.2, -0.15) is 0 Å². The lowest BCUT2D eigenvalue weighted by Gasteiger charge is -2.33. The largest absolute Gasteiger partial charge is 0.491 e. The molecule has 0 saturated carbocycles. The number of carbonyl (C=O) groups excluding carboxylic acids is 2. The molecule has 2 aliphatic heterocycles. The Bertz CT molecular complexity index is 1690. The van der Waals surface area contributed by atoms with Gasteiger partial charge in [-0.1, -0.05) is 11.6 Å². The van der Waals surface area contributed by atoms with E-state index in [1.807, 2.05) is 7.05 Å². The molecule has 4 heterocycles. The van der Waals surface area contributed by atoms with Crippen molar-refractivity contribution in [1.82, 2.24) is 24.8 Å². The molecular formula is C30H29ClFN5O5. The number of aliphatic hydroxyl groups excluding tert-OH is 1. The number of halogens is 2. The van der Waals surface area contributed by atoms with E-state index in [0.717, 1.165) is 25.9 Å². The third-order valence-electron chi connectivity index (χ3n) is 7.94. The van der Waals surface area contributed by atoms with Gasteiger partial charge in [0.1, 0.15) is 24.0 Å². The number of carbonyl (C=O) groups is 2. The molecule has 10 nitrogen and oxygen atoms in total. The van der Waals surface area contributed by atoms with Crippen LogP contribution in [0, 0.1) is 5.82 Å². The van der Waals surface area contributed by atoms with Crippen molar-refractivity contribution in [3.8, 4) is 17.1 Å². The van der Waals surface area contributed by atoms with E-state index in [-0.39, 0.29) is 41.5 Å². The van der Waals surface area contributed by atoms with Crippen LogP contribution < -0.4 is 10.3 Å². The normalized spacial score (nSPS) is 16.8. The molecule has 4 aromatic rings. The van der Waals surface area contributed by atoms with Crippen LogP contribution in [0.4, 0.5) is 4.39 Å². The number of imidazole rings is 1. The number of piperidine rings is 1. The molecule has 0 spiro atoms. The Kier molecular flexibility index (Phi) is 7.56. The number of amides is 2. The number of hydrogen-bond acceptors (Lipinski definition) is 7. The van der Waals surface area contributed by atoms with Gasteiger partial charge in [-0.15, -0.1) is 0 Å². The molecule has 2 aromatic heterocycles. The molecule has 0 unspecified atom stereocenters. The quantitative estimate of drug-likeness (QED) is 0.265. The minimum absolute atomic E-state index is 0.0483. The topological polar surface area (TPSA) is 132 Å². The van der Waals surface area contributed by atoms with Gasteiger partial charge < -0.3 is 24.7 Å². The lowest BCUT2D eigenvalue weighted by Crippen LogP contribution is -2.46. The van der Waals surface area contributed by atoms with E-state index < -0.39 is 11.9 Å². The van der Waals surface area contributed by atoms with Crippen LogP contribution >= 0.6 is 11.6 Å². The molecule has 2 aromatic carbocycles. The summed E-state index contributed by atoms with van der Waals surface area (Å²) in [5.41, 5.74) is 2.23. The first-order chi connectivity index (χ1) is 20.2. The highest BCUT2D eigenvalue weighted by molar-refractivity contribution is 6.30. The number of ether oxygens (including phenoxy) is 1. The summed E-state index contributed by atoms with van der Waals surface area (Å²) >= 11 is 5.78. The van der Waals surface area contributed by atoms with Gasteiger partial charge in [0.05, 0.1) is 38.9 Å². The Morgan fingerprint density at radius 3 is 2.60 bits per heavy atom. The van der Waals surface area contributed by atoms with Gasteiger partial charge in [-0.05, 0) is 81.7 Å². The smallest absolute Gasteiger partial charge is 0.261 e. The Labute approximate surface area is 245 Å². The van der Waals surface area contributed by atoms with Gasteiger partial charge in [0.2, 0.25) is 0 Å². The second kappa shape index (κ2) is 11.3. The number of imide groups is 1. The Balaban J connectivity index is 1.20. The molecule has 2 amide bonds. The lowest BCUT2D eigenvalue weighted by molar-refractivity contribution is 0.0516. The van der Waals surface area contributed by atoms with Crippen LogP contribution in [0.1, 0.15) is 45.5 Å². The minimum atomic E-state index is -0.871. The first-order valence-corrected chi connectivity index (χ1v) is 14.1. The zero-order valence-corrected chi connectivity index (χ0v) is 23.6. The summed E-state index contributed by atoms with van der Waals surface area (Å²) in [4.78, 5) is 53.5. The molecule has 0 radical (unpaired) electrons. The number of likely N-dealkylation sites (tertiary alicyclic amines) is 1. The zero-order chi connectivity index (χ0) is 29.5. The number of aliphatic hydroxyl groups is 1. The van der Waals surface area contributed by atoms with Gasteiger partial charge in [0.25, 0.3) is 17.4 Å². The van der Waals surface area contributed by atoms with E-state index in [4.69, 9.17) is 16.3 Å². The molecule has 3 N–H and O–H groups in total. The van der Waals surface area contributed by atoms with Crippen LogP contribution in [-0.4, -0.2) is 80.6 Å². The maximum Gasteiger partial charge on any atom is 0.261 e. The highest BCUT2D eigenvalue weighted by Crippen LogP contribution is 2.32. The zero-order valence-electron chi connectivity index (χ0n) is 22.8. The second-order valence-electron chi connectivity index (χ2n) is 10.8. The maximum atomic E-state index is 13.4. The van der Waals surface area contributed by atoms with Crippen molar-refractivity contribution in [3.05, 3.63) is 80.5 Å². The van der Waals surface area contributed by atoms with Crippen LogP contribution in [0.15, 0.2) is 47.4 Å². The molecule has 42 heavy (non-hydrogen) atoms. The number of fused-ring (bicyclic) bond motifs is 2. The molecule has 218 valence electrons. The SMILES string of the molecule is CN1CCC(N2C(=O)c3cc4nc(-c5c(CC[C@@H](O)COc6ccc(F)c(Cl)c6)cc[nH]c5=O)[nH]c4cc3C2=O)CC1. The van der Waals surface area contributed by atoms with Gasteiger partial charge in [-0.25, -0.2) is 9.37 Å². The van der Waals surface area contributed by atoms with Crippen molar-refractivity contribution >= 4 is 34.4 Å². The summed E-state index contributed by atoms with van der Waals surface area (Å²) in [5.74, 6) is -0.551. The predicted octanol–water partition coefficient (Wildman–Crippen LogP) is 3.77. The number of aryl methyl sites for hydroxylation is 1. The Morgan fingerprint density at radius 2 is 1.86 bits per heavy atom. The number of H-pyrrole nitrogens is 2. The second-order valence-corrected chi connectivity index (χ2v) is 11.2. The van der Waals surface area contributed by atoms with Gasteiger partial charge in [0, 0.05) is 18.3 Å². The van der Waals surface area contributed by atoms with Crippen LogP contribution in [0.25, 0.3) is 22.4 Å². The molecule has 6 rings (SSSR count). The fraction of sp³-hybridized carbons (Fsp3) is 0.333. The van der Waals surface area contributed by atoms with Crippen LogP contribution in [0.3, 0.4) is 0 Å². The monoisotopic (exact) mass is 593 g/mol. The van der Waals surface area contributed by atoms with Crippen LogP contribution in [0.5, 0.6) is 5.75 Å². The highest BCUT2D eigenvalue weighted by Gasteiger charge is 2.41. The lowest BCUT2D eigenvalue weighted by atomic mass is 10.0. The molecule has 1 fully saturated rings. The number of aromatic amines is 2. The number of benzene rings is 2. The van der Waals surface area contributed by atoms with Crippen molar-refractivity contribution in [2.24, 2.45) is 0 Å². The van der Waals surface area contributed by atoms with Crippen molar-refractivity contribution < 1.29 is 23.8 Å². The number of aromatic nitrogens is 3. The molecule has 12 heteroatoms. The van der Waals surface area contributed by atoms with Crippen molar-refractivity contribution in [1.29, 1.82) is 0 Å². The van der Waals surface area contributed by atoms with E-state index in [2.05, 4.69) is 19.9 Å². The number of rotatable bonds is 8. The summed E-state index contributed by atoms with van der Waals surface area (Å²) in [7, 11) is 2.02. The predicted molar refractivity (Wildman–Crippen MR) is 154 cm³/mol. The average Bonchev–Trinajstić information content (AvgIpc) is 3.49. The first-order valence-electron chi connectivity index (χ1n) is 13.8. The standard InChI is InChI=1S/C30H29ClFN5O5/c1-36-10-7-17(8-11-36)37-29(40)20-13-24-25(14-21(20)30(37)41)35-27(34-24)26-16(6-9-33-28(26)39)2-3-18(38)15-42-19-4-5-23(32)22(31)12-19/h4-6,9,12-14,17-18,38H,2-3,7-8,10-11,15H2,1H3,(H,33,39)(H,34,35)/t18-/m1/s1. The van der Waals surface area contributed by atoms with Crippen molar-refractivity contribution in [3.63, 3.8) is 0 Å². The molecule has 2 aliphatic rings. The maximum absolute atomic E-state index is 13.4. The minimum Gasteiger partial charge on any atom is -0.491 e. The third kappa shape index (κ3) is 5.31. The third-order valence-corrected chi connectivity index (χ3v) is 8.23. The first kappa shape index (κ1) is 28.1. The van der Waals surface area contributed by atoms with E-state index in [9.17, 15) is 23.9 Å². The van der Waals surface area contributed by atoms with E-state index in [0.29, 0.717) is 51.3 Å². The average molecular weight is 594 g/mol. The van der Waals surface area contributed by atoms with Crippen molar-refractivity contribution in [2.45, 2.75) is 37.8 Å². The van der Waals surface area contributed by atoms with E-state index >= 15 is 0 Å². The summed E-state index contributed by atoms with van der Waals surface area (Å²) < 4.78 is 18.9. The summed E-state index contributed by atoms with van der Waals surface area (Å²) in [5, 5.41) is 10.4. The summed E-state index contributed by atoms with van der Waals surface area (Å²) in [6.45, 7) is 1.60. The van der Waals surface area contributed by atoms with Crippen LogP contribution in [0.2, 0.25) is 5.02 Å². The van der Waals surface area contributed by atoms with E-state index in [1.54, 1.807) is 18.2 Å². The van der Waals surface area contributed by atoms with E-state index in [1.165, 1.54) is 29.3 Å². The molecule has 0 bridgehead atoms. The molecule has 1 atom stereocenters. The van der Waals surface area contributed by atoms with Gasteiger partial charge in [0.15, 0.2) is 0 Å². The number of pyridine rings is 1. The highest BCUT2D eigenvalue weighted by atomic mass is 35.5. The fourth-order valence-corrected chi connectivity index (χ4v) is 5.79. The number of nitrogens with zero attached hydrogens (tertiary/aromatic N) is 3. The fourth-order valence-electron chi connectivity index (χ4n) is 5.62. The van der Waals surface area contributed by atoms with Gasteiger partial charge in [-0.3, -0.25) is 19.3 Å². The summed E-state index contributed by atoms with van der Waals surface area (Å²) in [6, 6.07) is 8.80. The van der Waals surface area contributed by atoms with Gasteiger partial charge >= 0.3 is 0 Å². The molecular weight excluding hydrogens is 565 g/mol. The Morgan fingerprint density at radius 1 is 1.12 bits per heavy atom. The molecule has 1 saturated heterocycles. The van der Waals surface area contributed by atoms with Crippen LogP contribution in [-0.2, 0) is 6.42 Å². The molecule has 0 aliphatic carbocycles. The Hall–Kier alpha value is -4.06. The summed E-state index contributed by atoms with van der Waals surface area (Å²) in [6.07, 6.45) is 2.74. The number of hydrogen-bond donors (Lipinski definition) is 3. The number of nitrogens with one attached hydrogen (secondary N) is 2. The van der Waals surface area contributed by atoms with Crippen molar-refractivity contribution in [2.75, 3.05) is 26.7 Å².